The molecule has 3 rings (SSSR count). The molecule has 2 aromatic rings. The van der Waals surface area contributed by atoms with Gasteiger partial charge in [-0.05, 0) is 31.9 Å². The van der Waals surface area contributed by atoms with Crippen molar-refractivity contribution in [2.45, 2.75) is 31.7 Å². The molecule has 2 heterocycles. The van der Waals surface area contributed by atoms with Gasteiger partial charge >= 0.3 is 0 Å². The quantitative estimate of drug-likeness (QED) is 0.895. The molecule has 1 aliphatic rings. The van der Waals surface area contributed by atoms with Crippen LogP contribution < -0.4 is 4.72 Å². The predicted octanol–water partition coefficient (Wildman–Crippen LogP) is 1.15. The van der Waals surface area contributed by atoms with Crippen LogP contribution in [0.4, 0.5) is 0 Å². The Balaban J connectivity index is 2.01. The first-order valence-corrected chi connectivity index (χ1v) is 8.69. The van der Waals surface area contributed by atoms with Crippen LogP contribution in [-0.2, 0) is 10.0 Å². The number of pyridine rings is 1. The molecule has 1 atom stereocenters. The fourth-order valence-electron chi connectivity index (χ4n) is 2.16. The van der Waals surface area contributed by atoms with Crippen LogP contribution in [0.3, 0.4) is 0 Å². The maximum Gasteiger partial charge on any atom is 0.209 e. The number of sulfonamides is 1. The highest BCUT2D eigenvalue weighted by atomic mass is 32.2. The van der Waals surface area contributed by atoms with E-state index in [0.29, 0.717) is 17.6 Å². The third kappa shape index (κ3) is 3.27. The monoisotopic (exact) mass is 307 g/mol. The largest absolute Gasteiger partial charge is 0.237 e. The molecule has 8 heteroatoms. The van der Waals surface area contributed by atoms with Crippen molar-refractivity contribution in [3.8, 4) is 5.82 Å². The molecule has 1 aliphatic carbocycles. The van der Waals surface area contributed by atoms with Gasteiger partial charge in [-0.3, -0.25) is 0 Å². The lowest BCUT2D eigenvalue weighted by atomic mass is 10.3. The summed E-state index contributed by atoms with van der Waals surface area (Å²) in [6, 6.07) is 5.03. The Bertz CT molecular complexity index is 737. The average molecular weight is 307 g/mol. The Hall–Kier alpha value is -1.80. The van der Waals surface area contributed by atoms with Crippen LogP contribution >= 0.6 is 0 Å². The number of aromatic nitrogens is 4. The van der Waals surface area contributed by atoms with Crippen molar-refractivity contribution in [1.29, 1.82) is 0 Å². The number of hydrogen-bond donors (Lipinski definition) is 1. The summed E-state index contributed by atoms with van der Waals surface area (Å²) in [5, 5.41) is 4.50. The molecule has 2 aromatic heterocycles. The van der Waals surface area contributed by atoms with Gasteiger partial charge in [0.15, 0.2) is 17.5 Å². The lowest BCUT2D eigenvalue weighted by Crippen LogP contribution is -2.27. The highest BCUT2D eigenvalue weighted by Crippen LogP contribution is 2.38. The molecule has 0 bridgehead atoms. The molecule has 0 aromatic carbocycles. The summed E-state index contributed by atoms with van der Waals surface area (Å²) in [4.78, 5) is 8.78. The third-order valence-electron chi connectivity index (χ3n) is 3.24. The molecule has 21 heavy (non-hydrogen) atoms. The van der Waals surface area contributed by atoms with Gasteiger partial charge in [0.2, 0.25) is 10.0 Å². The van der Waals surface area contributed by atoms with Gasteiger partial charge in [-0.25, -0.2) is 23.1 Å². The first kappa shape index (κ1) is 14.2. The zero-order valence-electron chi connectivity index (χ0n) is 11.9. The van der Waals surface area contributed by atoms with Crippen molar-refractivity contribution in [2.24, 2.45) is 0 Å². The Labute approximate surface area is 123 Å². The maximum atomic E-state index is 11.4. The van der Waals surface area contributed by atoms with E-state index in [9.17, 15) is 8.42 Å². The number of nitrogens with zero attached hydrogens (tertiary/aromatic N) is 4. The molecular weight excluding hydrogens is 290 g/mol. The smallest absolute Gasteiger partial charge is 0.209 e. The summed E-state index contributed by atoms with van der Waals surface area (Å²) < 4.78 is 27.0. The molecule has 1 unspecified atom stereocenters. The van der Waals surface area contributed by atoms with Gasteiger partial charge in [0.05, 0.1) is 12.3 Å². The lowest BCUT2D eigenvalue weighted by molar-refractivity contribution is 0.559. The van der Waals surface area contributed by atoms with Crippen molar-refractivity contribution in [1.82, 2.24) is 24.5 Å². The Morgan fingerprint density at radius 2 is 2.14 bits per heavy atom. The van der Waals surface area contributed by atoms with Crippen LogP contribution in [-0.4, -0.2) is 34.4 Å². The second-order valence-corrected chi connectivity index (χ2v) is 7.09. The van der Waals surface area contributed by atoms with Crippen LogP contribution in [0, 0.1) is 0 Å². The maximum absolute atomic E-state index is 11.4. The Morgan fingerprint density at radius 1 is 1.38 bits per heavy atom. The minimum Gasteiger partial charge on any atom is -0.237 e. The van der Waals surface area contributed by atoms with Gasteiger partial charge in [0.1, 0.15) is 0 Å². The highest BCUT2D eigenvalue weighted by Gasteiger charge is 2.30. The molecule has 112 valence electrons. The summed E-state index contributed by atoms with van der Waals surface area (Å²) in [7, 11) is -3.32. The Morgan fingerprint density at radius 3 is 2.71 bits per heavy atom. The van der Waals surface area contributed by atoms with Crippen molar-refractivity contribution < 1.29 is 8.42 Å². The standard InChI is InChI=1S/C13H17N5O2S/c1-9(17-21(2,19)20)13-15-12(10-6-7-10)16-18(13)11-5-3-4-8-14-11/h3-5,8-10,17H,6-7H2,1-2H3. The van der Waals surface area contributed by atoms with Gasteiger partial charge < -0.3 is 0 Å². The number of hydrogen-bond acceptors (Lipinski definition) is 5. The van der Waals surface area contributed by atoms with Crippen LogP contribution in [0.1, 0.15) is 43.4 Å². The fourth-order valence-corrected chi connectivity index (χ4v) is 2.90. The van der Waals surface area contributed by atoms with Gasteiger partial charge in [-0.1, -0.05) is 6.07 Å². The van der Waals surface area contributed by atoms with Gasteiger partial charge in [-0.2, -0.15) is 4.68 Å². The van der Waals surface area contributed by atoms with Crippen molar-refractivity contribution in [2.75, 3.05) is 6.26 Å². The van der Waals surface area contributed by atoms with Crippen molar-refractivity contribution in [3.63, 3.8) is 0 Å². The molecular formula is C13H17N5O2S. The topological polar surface area (TPSA) is 89.8 Å². The summed E-state index contributed by atoms with van der Waals surface area (Å²) in [6.45, 7) is 1.75. The summed E-state index contributed by atoms with van der Waals surface area (Å²) in [6.07, 6.45) is 4.97. The number of nitrogens with one attached hydrogen (secondary N) is 1. The van der Waals surface area contributed by atoms with Gasteiger partial charge in [0.25, 0.3) is 0 Å². The normalized spacial score (nSPS) is 16.9. The minimum absolute atomic E-state index is 0.388. The molecule has 1 N–H and O–H groups in total. The molecule has 0 amide bonds. The second-order valence-electron chi connectivity index (χ2n) is 5.31. The summed E-state index contributed by atoms with van der Waals surface area (Å²) in [5.74, 6) is 2.34. The Kier molecular flexibility index (Phi) is 3.50. The molecule has 0 aliphatic heterocycles. The SMILES string of the molecule is CC(NS(C)(=O)=O)c1nc(C2CC2)nn1-c1ccccn1. The van der Waals surface area contributed by atoms with E-state index in [1.807, 2.05) is 18.2 Å². The molecule has 1 saturated carbocycles. The molecule has 1 fully saturated rings. The van der Waals surface area contributed by atoms with E-state index in [0.717, 1.165) is 24.9 Å². The lowest BCUT2D eigenvalue weighted by Gasteiger charge is -2.12. The van der Waals surface area contributed by atoms with Crippen molar-refractivity contribution in [3.05, 3.63) is 36.0 Å². The first-order chi connectivity index (χ1) is 9.94. The van der Waals surface area contributed by atoms with Gasteiger partial charge in [0, 0.05) is 12.1 Å². The molecule has 0 saturated heterocycles. The zero-order valence-corrected chi connectivity index (χ0v) is 12.7. The summed E-state index contributed by atoms with van der Waals surface area (Å²) >= 11 is 0. The van der Waals surface area contributed by atoms with Gasteiger partial charge in [-0.15, -0.1) is 5.10 Å². The van der Waals surface area contributed by atoms with E-state index < -0.39 is 16.1 Å². The predicted molar refractivity (Wildman–Crippen MR) is 77.5 cm³/mol. The molecule has 0 spiro atoms. The number of rotatable bonds is 5. The van der Waals surface area contributed by atoms with E-state index >= 15 is 0 Å². The van der Waals surface area contributed by atoms with Crippen LogP contribution in [0.15, 0.2) is 24.4 Å². The molecule has 0 radical (unpaired) electrons. The zero-order chi connectivity index (χ0) is 15.0. The first-order valence-electron chi connectivity index (χ1n) is 6.79. The van der Waals surface area contributed by atoms with Crippen LogP contribution in [0.5, 0.6) is 0 Å². The van der Waals surface area contributed by atoms with Crippen LogP contribution in [0.25, 0.3) is 5.82 Å². The molecule has 7 nitrogen and oxygen atoms in total. The average Bonchev–Trinajstić information content (AvgIpc) is 3.16. The minimum atomic E-state index is -3.32. The van der Waals surface area contributed by atoms with Crippen LogP contribution in [0.2, 0.25) is 0 Å². The second kappa shape index (κ2) is 5.19. The third-order valence-corrected chi connectivity index (χ3v) is 4.02. The van der Waals surface area contributed by atoms with E-state index in [1.165, 1.54) is 0 Å². The van der Waals surface area contributed by atoms with E-state index in [4.69, 9.17) is 0 Å². The summed E-state index contributed by atoms with van der Waals surface area (Å²) in [5.41, 5.74) is 0. The van der Waals surface area contributed by atoms with E-state index in [1.54, 1.807) is 17.8 Å². The van der Waals surface area contributed by atoms with E-state index in [2.05, 4.69) is 19.8 Å². The van der Waals surface area contributed by atoms with E-state index in [-0.39, 0.29) is 0 Å². The van der Waals surface area contributed by atoms with Crippen molar-refractivity contribution >= 4 is 10.0 Å². The highest BCUT2D eigenvalue weighted by molar-refractivity contribution is 7.88. The fraction of sp³-hybridized carbons (Fsp3) is 0.462.